The van der Waals surface area contributed by atoms with Crippen LogP contribution in [-0.2, 0) is 10.0 Å². The van der Waals surface area contributed by atoms with E-state index in [-0.39, 0.29) is 6.10 Å². The molecule has 6 heteroatoms. The Balaban J connectivity index is 2.32. The van der Waals surface area contributed by atoms with E-state index < -0.39 is 10.0 Å². The molecule has 1 aromatic carbocycles. The molecule has 1 aliphatic rings. The summed E-state index contributed by atoms with van der Waals surface area (Å²) in [4.78, 5) is 1.91. The van der Waals surface area contributed by atoms with Gasteiger partial charge in [0.2, 0.25) is 10.0 Å². The first-order valence-corrected chi connectivity index (χ1v) is 7.70. The Morgan fingerprint density at radius 3 is 2.50 bits per heavy atom. The van der Waals surface area contributed by atoms with Crippen LogP contribution in [0.25, 0.3) is 0 Å². The van der Waals surface area contributed by atoms with Gasteiger partial charge in [-0.1, -0.05) is 0 Å². The Hall–Kier alpha value is -1.43. The molecule has 100 valence electrons. The second kappa shape index (κ2) is 4.68. The molecule has 1 saturated carbocycles. The maximum atomic E-state index is 11.4. The summed E-state index contributed by atoms with van der Waals surface area (Å²) in [5.41, 5.74) is 1.42. The fourth-order valence-electron chi connectivity index (χ4n) is 1.54. The quantitative estimate of drug-likeness (QED) is 0.884. The average molecular weight is 270 g/mol. The molecule has 2 rings (SSSR count). The number of ether oxygens (including phenoxy) is 1. The minimum absolute atomic E-state index is 0.232. The van der Waals surface area contributed by atoms with Crippen LogP contribution >= 0.6 is 0 Å². The highest BCUT2D eigenvalue weighted by Gasteiger charge is 2.25. The highest BCUT2D eigenvalue weighted by atomic mass is 32.2. The number of hydrogen-bond acceptors (Lipinski definition) is 4. The van der Waals surface area contributed by atoms with Gasteiger partial charge in [0.05, 0.1) is 18.0 Å². The van der Waals surface area contributed by atoms with E-state index in [2.05, 4.69) is 4.72 Å². The van der Waals surface area contributed by atoms with Crippen molar-refractivity contribution in [3.8, 4) is 5.75 Å². The van der Waals surface area contributed by atoms with Crippen LogP contribution in [0.1, 0.15) is 12.8 Å². The maximum absolute atomic E-state index is 11.4. The molecule has 0 saturated heterocycles. The average Bonchev–Trinajstić information content (AvgIpc) is 3.02. The standard InChI is InChI=1S/C12H18N2O3S/c1-14(2)9-4-7-12(17-10-5-6-10)11(8-9)13-18(3,15)16/h4,7-8,10,13H,5-6H2,1-3H3. The monoisotopic (exact) mass is 270 g/mol. The molecule has 0 aliphatic heterocycles. The smallest absolute Gasteiger partial charge is 0.229 e. The van der Waals surface area contributed by atoms with Crippen molar-refractivity contribution < 1.29 is 13.2 Å². The molecule has 0 unspecified atom stereocenters. The SMILES string of the molecule is CN(C)c1ccc(OC2CC2)c(NS(C)(=O)=O)c1. The minimum atomic E-state index is -3.31. The normalized spacial score (nSPS) is 15.3. The van der Waals surface area contributed by atoms with Crippen LogP contribution in [-0.4, -0.2) is 34.9 Å². The number of hydrogen-bond donors (Lipinski definition) is 1. The summed E-state index contributed by atoms with van der Waals surface area (Å²) in [6, 6.07) is 5.49. The molecule has 5 nitrogen and oxygen atoms in total. The molecule has 0 atom stereocenters. The van der Waals surface area contributed by atoms with E-state index in [4.69, 9.17) is 4.74 Å². The van der Waals surface area contributed by atoms with Crippen LogP contribution < -0.4 is 14.4 Å². The summed E-state index contributed by atoms with van der Waals surface area (Å²) in [6.45, 7) is 0. The molecule has 0 amide bonds. The van der Waals surface area contributed by atoms with Gasteiger partial charge in [-0.2, -0.15) is 0 Å². The third-order valence-corrected chi connectivity index (χ3v) is 3.18. The van der Waals surface area contributed by atoms with Gasteiger partial charge in [-0.25, -0.2) is 8.42 Å². The first-order valence-electron chi connectivity index (χ1n) is 5.81. The van der Waals surface area contributed by atoms with Gasteiger partial charge in [-0.15, -0.1) is 0 Å². The van der Waals surface area contributed by atoms with Crippen molar-refractivity contribution in [1.82, 2.24) is 0 Å². The van der Waals surface area contributed by atoms with Crippen LogP contribution in [0.4, 0.5) is 11.4 Å². The molecule has 0 radical (unpaired) electrons. The molecule has 1 fully saturated rings. The van der Waals surface area contributed by atoms with Crippen LogP contribution in [0.15, 0.2) is 18.2 Å². The van der Waals surface area contributed by atoms with E-state index in [1.165, 1.54) is 0 Å². The molecule has 1 aromatic rings. The summed E-state index contributed by atoms with van der Waals surface area (Å²) in [6.07, 6.45) is 3.44. The van der Waals surface area contributed by atoms with Crippen LogP contribution in [0.5, 0.6) is 5.75 Å². The lowest BCUT2D eigenvalue weighted by Gasteiger charge is -2.17. The first-order chi connectivity index (χ1) is 8.35. The second-order valence-electron chi connectivity index (χ2n) is 4.77. The Kier molecular flexibility index (Phi) is 3.38. The Morgan fingerprint density at radius 2 is 2.00 bits per heavy atom. The van der Waals surface area contributed by atoms with Gasteiger partial charge in [0.15, 0.2) is 0 Å². The Morgan fingerprint density at radius 1 is 1.33 bits per heavy atom. The van der Waals surface area contributed by atoms with Crippen molar-refractivity contribution in [1.29, 1.82) is 0 Å². The zero-order valence-corrected chi connectivity index (χ0v) is 11.6. The molecular weight excluding hydrogens is 252 g/mol. The molecule has 0 bridgehead atoms. The molecule has 1 N–H and O–H groups in total. The highest BCUT2D eigenvalue weighted by molar-refractivity contribution is 7.92. The lowest BCUT2D eigenvalue weighted by Crippen LogP contribution is -2.13. The van der Waals surface area contributed by atoms with Crippen molar-refractivity contribution >= 4 is 21.4 Å². The molecule has 18 heavy (non-hydrogen) atoms. The number of nitrogens with zero attached hydrogens (tertiary/aromatic N) is 1. The predicted octanol–water partition coefficient (Wildman–Crippen LogP) is 1.67. The van der Waals surface area contributed by atoms with E-state index in [0.29, 0.717) is 11.4 Å². The van der Waals surface area contributed by atoms with E-state index in [1.807, 2.05) is 25.1 Å². The summed E-state index contributed by atoms with van der Waals surface area (Å²) >= 11 is 0. The zero-order valence-electron chi connectivity index (χ0n) is 10.8. The van der Waals surface area contributed by atoms with Gasteiger partial charge >= 0.3 is 0 Å². The van der Waals surface area contributed by atoms with Crippen LogP contribution in [0.2, 0.25) is 0 Å². The van der Waals surface area contributed by atoms with E-state index >= 15 is 0 Å². The van der Waals surface area contributed by atoms with Gasteiger partial charge in [0.25, 0.3) is 0 Å². The minimum Gasteiger partial charge on any atom is -0.488 e. The van der Waals surface area contributed by atoms with Gasteiger partial charge in [-0.05, 0) is 31.0 Å². The molecule has 1 aliphatic carbocycles. The van der Waals surface area contributed by atoms with Gasteiger partial charge < -0.3 is 9.64 Å². The molecule has 0 aromatic heterocycles. The Bertz CT molecular complexity index is 536. The van der Waals surface area contributed by atoms with Crippen molar-refractivity contribution in [3.63, 3.8) is 0 Å². The predicted molar refractivity (Wildman–Crippen MR) is 72.9 cm³/mol. The van der Waals surface area contributed by atoms with E-state index in [1.54, 1.807) is 12.1 Å². The zero-order chi connectivity index (χ0) is 13.3. The largest absolute Gasteiger partial charge is 0.488 e. The number of benzene rings is 1. The van der Waals surface area contributed by atoms with E-state index in [0.717, 1.165) is 24.8 Å². The summed E-state index contributed by atoms with van der Waals surface area (Å²) in [5.74, 6) is 0.591. The maximum Gasteiger partial charge on any atom is 0.229 e. The first kappa shape index (κ1) is 13.0. The topological polar surface area (TPSA) is 58.6 Å². The van der Waals surface area contributed by atoms with Crippen molar-refractivity contribution in [3.05, 3.63) is 18.2 Å². The fourth-order valence-corrected chi connectivity index (χ4v) is 2.10. The molecular formula is C12H18N2O3S. The number of sulfonamides is 1. The lowest BCUT2D eigenvalue weighted by atomic mass is 10.2. The van der Waals surface area contributed by atoms with Gasteiger partial charge in [0.1, 0.15) is 5.75 Å². The number of anilines is 2. The van der Waals surface area contributed by atoms with Gasteiger partial charge in [0, 0.05) is 19.8 Å². The number of nitrogens with one attached hydrogen (secondary N) is 1. The summed E-state index contributed by atoms with van der Waals surface area (Å²) in [7, 11) is 0.501. The fraction of sp³-hybridized carbons (Fsp3) is 0.500. The number of rotatable bonds is 5. The van der Waals surface area contributed by atoms with Crippen LogP contribution in [0, 0.1) is 0 Å². The van der Waals surface area contributed by atoms with E-state index in [9.17, 15) is 8.42 Å². The third kappa shape index (κ3) is 3.53. The lowest BCUT2D eigenvalue weighted by molar-refractivity contribution is 0.305. The summed E-state index contributed by atoms with van der Waals surface area (Å²) < 4.78 is 30.9. The van der Waals surface area contributed by atoms with Crippen molar-refractivity contribution in [2.75, 3.05) is 30.0 Å². The summed E-state index contributed by atoms with van der Waals surface area (Å²) in [5, 5.41) is 0. The third-order valence-electron chi connectivity index (χ3n) is 2.59. The highest BCUT2D eigenvalue weighted by Crippen LogP contribution is 2.34. The van der Waals surface area contributed by atoms with Crippen molar-refractivity contribution in [2.45, 2.75) is 18.9 Å². The van der Waals surface area contributed by atoms with Crippen molar-refractivity contribution in [2.24, 2.45) is 0 Å². The molecule has 0 spiro atoms. The van der Waals surface area contributed by atoms with Crippen LogP contribution in [0.3, 0.4) is 0 Å². The van der Waals surface area contributed by atoms with Gasteiger partial charge in [-0.3, -0.25) is 4.72 Å². The Labute approximate surface area is 108 Å². The molecule has 0 heterocycles. The second-order valence-corrected chi connectivity index (χ2v) is 6.51.